The van der Waals surface area contributed by atoms with Crippen molar-refractivity contribution in [2.45, 2.75) is 58.8 Å². The Morgan fingerprint density at radius 2 is 1.69 bits per heavy atom. The highest BCUT2D eigenvalue weighted by atomic mass is 16.6. The van der Waals surface area contributed by atoms with Gasteiger partial charge < -0.3 is 24.3 Å². The molecule has 1 N–H and O–H groups in total. The minimum absolute atomic E-state index is 0.318. The van der Waals surface area contributed by atoms with Crippen molar-refractivity contribution in [3.63, 3.8) is 0 Å². The number of alkyl carbamates (subject to hydrolysis) is 1. The van der Waals surface area contributed by atoms with Crippen molar-refractivity contribution in [3.05, 3.63) is 64.7 Å². The number of nitrogens with one attached hydrogen (secondary N) is 1. The van der Waals surface area contributed by atoms with E-state index < -0.39 is 23.2 Å². The number of hydrogen-bond donors (Lipinski definition) is 1. The van der Waals surface area contributed by atoms with Crippen molar-refractivity contribution in [1.82, 2.24) is 5.32 Å². The molecule has 172 valence electrons. The highest BCUT2D eigenvalue weighted by Gasteiger charge is 2.44. The maximum absolute atomic E-state index is 12.7. The van der Waals surface area contributed by atoms with Crippen LogP contribution in [0.5, 0.6) is 5.75 Å². The molecule has 0 heterocycles. The fraction of sp³-hybridized carbons (Fsp3) is 0.400. The summed E-state index contributed by atoms with van der Waals surface area (Å²) in [5.41, 5.74) is 1.23. The predicted octanol–water partition coefficient (Wildman–Crippen LogP) is 4.36. The third-order valence-corrected chi connectivity index (χ3v) is 4.88. The molecule has 1 amide bonds. The summed E-state index contributed by atoms with van der Waals surface area (Å²) in [7, 11) is 1.19. The number of ether oxygens (including phenoxy) is 3. The van der Waals surface area contributed by atoms with E-state index in [4.69, 9.17) is 14.2 Å². The lowest BCUT2D eigenvalue weighted by molar-refractivity contribution is -0.150. The van der Waals surface area contributed by atoms with Crippen LogP contribution in [0.4, 0.5) is 4.79 Å². The molecule has 7 nitrogen and oxygen atoms in total. The van der Waals surface area contributed by atoms with Gasteiger partial charge in [0.1, 0.15) is 24.2 Å². The molecule has 0 saturated heterocycles. The molecule has 0 aliphatic heterocycles. The third kappa shape index (κ3) is 6.33. The molecule has 2 aromatic rings. The zero-order valence-corrected chi connectivity index (χ0v) is 19.5. The molecule has 0 bridgehead atoms. The van der Waals surface area contributed by atoms with E-state index in [0.717, 1.165) is 16.7 Å². The number of rotatable bonds is 8. The fourth-order valence-corrected chi connectivity index (χ4v) is 3.22. The summed E-state index contributed by atoms with van der Waals surface area (Å²) in [6.07, 6.45) is -0.596. The van der Waals surface area contributed by atoms with E-state index in [9.17, 15) is 14.4 Å². The highest BCUT2D eigenvalue weighted by molar-refractivity contribution is 5.89. The summed E-state index contributed by atoms with van der Waals surface area (Å²) in [4.78, 5) is 36.6. The topological polar surface area (TPSA) is 90.9 Å². The summed E-state index contributed by atoms with van der Waals surface area (Å²) in [6, 6.07) is 12.8. The molecule has 1 atom stereocenters. The molecule has 0 radical (unpaired) electrons. The van der Waals surface area contributed by atoms with Crippen molar-refractivity contribution < 1.29 is 28.6 Å². The molecule has 0 spiro atoms. The molecule has 0 aliphatic rings. The summed E-state index contributed by atoms with van der Waals surface area (Å²) in [5.74, 6) is -0.198. The van der Waals surface area contributed by atoms with Gasteiger partial charge in [0.15, 0.2) is 5.54 Å². The van der Waals surface area contributed by atoms with Gasteiger partial charge in [-0.15, -0.1) is 0 Å². The van der Waals surface area contributed by atoms with Gasteiger partial charge in [0.05, 0.1) is 7.11 Å². The largest absolute Gasteiger partial charge is 0.489 e. The molecular formula is C25H31NO6. The van der Waals surface area contributed by atoms with Crippen LogP contribution in [0.15, 0.2) is 42.5 Å². The van der Waals surface area contributed by atoms with Crippen LogP contribution in [0.2, 0.25) is 0 Å². The first kappa shape index (κ1) is 24.9. The number of carbonyl (C=O) groups is 3. The van der Waals surface area contributed by atoms with Crippen molar-refractivity contribution >= 4 is 18.3 Å². The Balaban J connectivity index is 2.29. The smallest absolute Gasteiger partial charge is 0.408 e. The fourth-order valence-electron chi connectivity index (χ4n) is 3.22. The zero-order valence-electron chi connectivity index (χ0n) is 19.5. The number of amides is 1. The van der Waals surface area contributed by atoms with Gasteiger partial charge in [0.2, 0.25) is 0 Å². The van der Waals surface area contributed by atoms with Crippen LogP contribution >= 0.6 is 0 Å². The van der Waals surface area contributed by atoms with Crippen LogP contribution in [0.3, 0.4) is 0 Å². The van der Waals surface area contributed by atoms with Crippen molar-refractivity contribution in [1.29, 1.82) is 0 Å². The van der Waals surface area contributed by atoms with E-state index in [0.29, 0.717) is 24.2 Å². The number of methoxy groups -OCH3 is 1. The minimum atomic E-state index is -1.72. The summed E-state index contributed by atoms with van der Waals surface area (Å²) in [6.45, 7) is 9.54. The summed E-state index contributed by atoms with van der Waals surface area (Å²) in [5, 5.41) is 2.54. The Kier molecular flexibility index (Phi) is 8.02. The monoisotopic (exact) mass is 441 g/mol. The molecular weight excluding hydrogens is 410 g/mol. The lowest BCUT2D eigenvalue weighted by Crippen LogP contribution is -2.53. The first-order chi connectivity index (χ1) is 15.0. The first-order valence-electron chi connectivity index (χ1n) is 10.3. The van der Waals surface area contributed by atoms with Gasteiger partial charge in [-0.2, -0.15) is 0 Å². The van der Waals surface area contributed by atoms with Gasteiger partial charge in [-0.3, -0.25) is 0 Å². The second-order valence-corrected chi connectivity index (χ2v) is 8.64. The second kappa shape index (κ2) is 10.3. The number of benzene rings is 2. The lowest BCUT2D eigenvalue weighted by atomic mass is 9.87. The number of carbonyl (C=O) groups excluding carboxylic acids is 3. The molecule has 0 aliphatic carbocycles. The van der Waals surface area contributed by atoms with Crippen LogP contribution < -0.4 is 10.1 Å². The Morgan fingerprint density at radius 3 is 2.25 bits per heavy atom. The maximum atomic E-state index is 12.7. The van der Waals surface area contributed by atoms with Crippen LogP contribution in [0.1, 0.15) is 49.4 Å². The molecule has 0 saturated carbocycles. The molecule has 2 aromatic carbocycles. The quantitative estimate of drug-likeness (QED) is 0.483. The van der Waals surface area contributed by atoms with Gasteiger partial charge in [-0.25, -0.2) is 9.59 Å². The summed E-state index contributed by atoms with van der Waals surface area (Å²) >= 11 is 0. The van der Waals surface area contributed by atoms with Gasteiger partial charge in [-0.05, 0) is 63.4 Å². The number of aryl methyl sites for hydroxylation is 2. The van der Waals surface area contributed by atoms with Gasteiger partial charge >= 0.3 is 12.1 Å². The molecule has 1 unspecified atom stereocenters. The normalized spacial score (nSPS) is 12.9. The summed E-state index contributed by atoms with van der Waals surface area (Å²) < 4.78 is 16.1. The van der Waals surface area contributed by atoms with Crippen LogP contribution in [0.25, 0.3) is 0 Å². The highest BCUT2D eigenvalue weighted by Crippen LogP contribution is 2.29. The predicted molar refractivity (Wildman–Crippen MR) is 120 cm³/mol. The first-order valence-corrected chi connectivity index (χ1v) is 10.3. The average molecular weight is 442 g/mol. The molecule has 2 rings (SSSR count). The van der Waals surface area contributed by atoms with E-state index >= 15 is 0 Å². The van der Waals surface area contributed by atoms with Crippen LogP contribution in [-0.4, -0.2) is 31.1 Å². The standard InChI is InChI=1S/C25H31NO6/c1-17-7-8-18(2)19(15-17)16-31-21-11-9-20(10-12-21)25(13-14-27,22(28)30-6)26-23(29)32-24(3,4)5/h7-12,14-15H,13,16H2,1-6H3,(H,26,29). The van der Waals surface area contributed by atoms with Crippen LogP contribution in [0, 0.1) is 13.8 Å². The van der Waals surface area contributed by atoms with Crippen molar-refractivity contribution in [3.8, 4) is 5.75 Å². The molecule has 32 heavy (non-hydrogen) atoms. The van der Waals surface area contributed by atoms with Gasteiger partial charge in [0.25, 0.3) is 0 Å². The third-order valence-electron chi connectivity index (χ3n) is 4.88. The average Bonchev–Trinajstić information content (AvgIpc) is 2.72. The van der Waals surface area contributed by atoms with E-state index in [1.807, 2.05) is 26.0 Å². The minimum Gasteiger partial charge on any atom is -0.489 e. The van der Waals surface area contributed by atoms with Gasteiger partial charge in [0, 0.05) is 6.42 Å². The Morgan fingerprint density at radius 1 is 1.03 bits per heavy atom. The lowest BCUT2D eigenvalue weighted by Gasteiger charge is -2.32. The van der Waals surface area contributed by atoms with E-state index in [2.05, 4.69) is 11.4 Å². The molecule has 0 aromatic heterocycles. The Labute approximate surface area is 189 Å². The van der Waals surface area contributed by atoms with Crippen LogP contribution in [-0.2, 0) is 31.2 Å². The maximum Gasteiger partial charge on any atom is 0.408 e. The Hall–Kier alpha value is -3.35. The van der Waals surface area contributed by atoms with E-state index in [-0.39, 0.29) is 6.42 Å². The number of hydrogen-bond acceptors (Lipinski definition) is 6. The van der Waals surface area contributed by atoms with E-state index in [1.165, 1.54) is 7.11 Å². The number of aldehydes is 1. The Bertz CT molecular complexity index is 961. The number of esters is 1. The van der Waals surface area contributed by atoms with Crippen molar-refractivity contribution in [2.24, 2.45) is 0 Å². The van der Waals surface area contributed by atoms with Gasteiger partial charge in [-0.1, -0.05) is 35.9 Å². The van der Waals surface area contributed by atoms with E-state index in [1.54, 1.807) is 45.0 Å². The second-order valence-electron chi connectivity index (χ2n) is 8.64. The zero-order chi connectivity index (χ0) is 23.9. The van der Waals surface area contributed by atoms with Crippen molar-refractivity contribution in [2.75, 3.05) is 7.11 Å². The SMILES string of the molecule is COC(=O)C(CC=O)(NC(=O)OC(C)(C)C)c1ccc(OCc2cc(C)ccc2C)cc1. The molecule has 7 heteroatoms. The molecule has 0 fully saturated rings.